The van der Waals surface area contributed by atoms with Gasteiger partial charge < -0.3 is 20.4 Å². The van der Waals surface area contributed by atoms with E-state index in [1.165, 1.54) is 6.42 Å². The lowest BCUT2D eigenvalue weighted by molar-refractivity contribution is 0.0716. The maximum absolute atomic E-state index is 13.0. The summed E-state index contributed by atoms with van der Waals surface area (Å²) in [4.78, 5) is 25.7. The molecule has 0 saturated heterocycles. The Hall–Kier alpha value is -2.76. The van der Waals surface area contributed by atoms with Crippen LogP contribution < -0.4 is 11.1 Å². The number of carbonyl (C=O) groups excluding carboxylic acids is 2. The zero-order chi connectivity index (χ0) is 19.0. The molecular weight excluding hydrogens is 342 g/mol. The smallest absolute Gasteiger partial charge is 0.312 e. The molecule has 1 aromatic carbocycles. The quantitative estimate of drug-likeness (QED) is 0.786. The van der Waals surface area contributed by atoms with E-state index in [9.17, 15) is 9.59 Å². The second-order valence-corrected chi connectivity index (χ2v) is 7.70. The number of nitrogens with one attached hydrogen (secondary N) is 1. The molecule has 0 bridgehead atoms. The van der Waals surface area contributed by atoms with Gasteiger partial charge in [0.2, 0.25) is 0 Å². The number of rotatable bonds is 7. The highest BCUT2D eigenvalue weighted by atomic mass is 16.3. The molecule has 4 rings (SSSR count). The summed E-state index contributed by atoms with van der Waals surface area (Å²) in [5.41, 5.74) is 6.63. The summed E-state index contributed by atoms with van der Waals surface area (Å²) in [7, 11) is 0. The Morgan fingerprint density at radius 2 is 1.89 bits per heavy atom. The Balaban J connectivity index is 1.43. The molecular formula is C21H25N3O3. The molecule has 2 aromatic rings. The third-order valence-corrected chi connectivity index (χ3v) is 5.40. The van der Waals surface area contributed by atoms with Crippen LogP contribution in [0.5, 0.6) is 0 Å². The molecule has 2 aliphatic carbocycles. The van der Waals surface area contributed by atoms with Crippen LogP contribution in [0.4, 0.5) is 4.79 Å². The molecule has 0 unspecified atom stereocenters. The molecule has 6 heteroatoms. The van der Waals surface area contributed by atoms with Crippen molar-refractivity contribution in [2.45, 2.75) is 51.2 Å². The van der Waals surface area contributed by atoms with Crippen molar-refractivity contribution in [1.29, 1.82) is 0 Å². The van der Waals surface area contributed by atoms with Crippen molar-refractivity contribution in [1.82, 2.24) is 10.2 Å². The first-order valence-electron chi connectivity index (χ1n) is 9.53. The van der Waals surface area contributed by atoms with Gasteiger partial charge >= 0.3 is 6.03 Å². The molecule has 27 heavy (non-hydrogen) atoms. The molecule has 3 amide bonds. The lowest BCUT2D eigenvalue weighted by atomic mass is 10.1. The summed E-state index contributed by atoms with van der Waals surface area (Å²) in [6, 6.07) is 11.1. The number of urea groups is 1. The number of hydrogen-bond donors (Lipinski definition) is 2. The highest BCUT2D eigenvalue weighted by Gasteiger charge is 2.37. The van der Waals surface area contributed by atoms with E-state index in [0.29, 0.717) is 36.5 Å². The molecule has 0 spiro atoms. The van der Waals surface area contributed by atoms with Gasteiger partial charge in [0.1, 0.15) is 11.5 Å². The van der Waals surface area contributed by atoms with Crippen molar-refractivity contribution in [2.75, 3.05) is 0 Å². The number of benzene rings is 1. The minimum atomic E-state index is -0.562. The molecule has 142 valence electrons. The number of primary amides is 1. The van der Waals surface area contributed by atoms with Crippen molar-refractivity contribution in [3.63, 3.8) is 0 Å². The summed E-state index contributed by atoms with van der Waals surface area (Å²) >= 11 is 0. The molecule has 2 atom stereocenters. The number of hydrogen-bond acceptors (Lipinski definition) is 3. The van der Waals surface area contributed by atoms with Crippen molar-refractivity contribution < 1.29 is 14.0 Å². The Kier molecular flexibility index (Phi) is 4.64. The zero-order valence-electron chi connectivity index (χ0n) is 15.5. The fourth-order valence-electron chi connectivity index (χ4n) is 3.44. The zero-order valence-corrected chi connectivity index (χ0v) is 15.5. The van der Waals surface area contributed by atoms with Gasteiger partial charge in [0.25, 0.3) is 5.91 Å². The van der Waals surface area contributed by atoms with Gasteiger partial charge in [0, 0.05) is 24.1 Å². The largest absolute Gasteiger partial charge is 0.464 e. The SMILES string of the molecule is C[C@@H]1C[C@H]1c1ccc(CN(C(=O)c2ccc(CNC(N)=O)cc2)C2CC2)o1. The fourth-order valence-corrected chi connectivity index (χ4v) is 3.44. The molecule has 0 aliphatic heterocycles. The van der Waals surface area contributed by atoms with Crippen LogP contribution in [0.1, 0.15) is 59.5 Å². The second kappa shape index (κ2) is 7.10. The summed E-state index contributed by atoms with van der Waals surface area (Å²) in [5, 5.41) is 2.54. The fraction of sp³-hybridized carbons (Fsp3) is 0.429. The van der Waals surface area contributed by atoms with Gasteiger partial charge in [-0.2, -0.15) is 0 Å². The maximum atomic E-state index is 13.0. The molecule has 2 fully saturated rings. The van der Waals surface area contributed by atoms with E-state index in [1.807, 2.05) is 23.1 Å². The summed E-state index contributed by atoms with van der Waals surface area (Å²) < 4.78 is 6.00. The first kappa shape index (κ1) is 17.6. The Morgan fingerprint density at radius 3 is 2.48 bits per heavy atom. The number of furan rings is 1. The van der Waals surface area contributed by atoms with Crippen LogP contribution in [0.25, 0.3) is 0 Å². The minimum absolute atomic E-state index is 0.0182. The van der Waals surface area contributed by atoms with Gasteiger partial charge in [-0.25, -0.2) is 4.79 Å². The van der Waals surface area contributed by atoms with Gasteiger partial charge in [-0.05, 0) is 55.0 Å². The van der Waals surface area contributed by atoms with Gasteiger partial charge in [-0.3, -0.25) is 4.79 Å². The molecule has 1 heterocycles. The van der Waals surface area contributed by atoms with Crippen LogP contribution >= 0.6 is 0 Å². The van der Waals surface area contributed by atoms with Crippen LogP contribution in [0.15, 0.2) is 40.8 Å². The number of nitrogens with zero attached hydrogens (tertiary/aromatic N) is 1. The van der Waals surface area contributed by atoms with Gasteiger partial charge in [0.05, 0.1) is 6.54 Å². The molecule has 2 saturated carbocycles. The highest BCUT2D eigenvalue weighted by molar-refractivity contribution is 5.94. The predicted octanol–water partition coefficient (Wildman–Crippen LogP) is 3.38. The minimum Gasteiger partial charge on any atom is -0.464 e. The standard InChI is InChI=1S/C21H25N3O3/c1-13-10-18(13)19-9-8-17(27-19)12-24(16-6-7-16)20(25)15-4-2-14(3-5-15)11-23-21(22)26/h2-5,8-9,13,16,18H,6-7,10-12H2,1H3,(H3,22,23,26)/t13-,18-/m1/s1. The van der Waals surface area contributed by atoms with E-state index in [2.05, 4.69) is 18.3 Å². The highest BCUT2D eigenvalue weighted by Crippen LogP contribution is 2.47. The molecule has 3 N–H and O–H groups in total. The molecule has 0 radical (unpaired) electrons. The monoisotopic (exact) mass is 367 g/mol. The predicted molar refractivity (Wildman–Crippen MR) is 101 cm³/mol. The van der Waals surface area contributed by atoms with Crippen LogP contribution in [0.2, 0.25) is 0 Å². The average Bonchev–Trinajstić information content (AvgIpc) is 3.58. The number of carbonyl (C=O) groups is 2. The maximum Gasteiger partial charge on any atom is 0.312 e. The molecule has 6 nitrogen and oxygen atoms in total. The Labute approximate surface area is 158 Å². The van der Waals surface area contributed by atoms with Crippen molar-refractivity contribution in [3.8, 4) is 0 Å². The Bertz CT molecular complexity index is 839. The lowest BCUT2D eigenvalue weighted by Gasteiger charge is -2.21. The first-order chi connectivity index (χ1) is 13.0. The summed E-state index contributed by atoms with van der Waals surface area (Å²) in [6.07, 6.45) is 3.27. The summed E-state index contributed by atoms with van der Waals surface area (Å²) in [5.74, 6) is 3.17. The summed E-state index contributed by atoms with van der Waals surface area (Å²) in [6.45, 7) is 3.09. The van der Waals surface area contributed by atoms with E-state index in [-0.39, 0.29) is 5.91 Å². The molecule has 1 aromatic heterocycles. The van der Waals surface area contributed by atoms with Crippen molar-refractivity contribution >= 4 is 11.9 Å². The van der Waals surface area contributed by atoms with Crippen LogP contribution in [-0.2, 0) is 13.1 Å². The van der Waals surface area contributed by atoms with Gasteiger partial charge in [-0.15, -0.1) is 0 Å². The average molecular weight is 367 g/mol. The van der Waals surface area contributed by atoms with Crippen molar-refractivity contribution in [2.24, 2.45) is 11.7 Å². The van der Waals surface area contributed by atoms with Crippen LogP contribution in [0.3, 0.4) is 0 Å². The van der Waals surface area contributed by atoms with Crippen LogP contribution in [-0.4, -0.2) is 22.9 Å². The first-order valence-corrected chi connectivity index (χ1v) is 9.53. The number of nitrogens with two attached hydrogens (primary N) is 1. The van der Waals surface area contributed by atoms with E-state index < -0.39 is 6.03 Å². The van der Waals surface area contributed by atoms with Gasteiger partial charge in [0.15, 0.2) is 0 Å². The molecule has 2 aliphatic rings. The normalized spacial score (nSPS) is 20.9. The van der Waals surface area contributed by atoms with E-state index in [0.717, 1.165) is 29.9 Å². The topological polar surface area (TPSA) is 88.6 Å². The Morgan fingerprint density at radius 1 is 1.19 bits per heavy atom. The third kappa shape index (κ3) is 4.15. The van der Waals surface area contributed by atoms with E-state index in [1.54, 1.807) is 12.1 Å². The van der Waals surface area contributed by atoms with Gasteiger partial charge in [-0.1, -0.05) is 19.1 Å². The second-order valence-electron chi connectivity index (χ2n) is 7.70. The number of amides is 3. The van der Waals surface area contributed by atoms with Crippen LogP contribution in [0, 0.1) is 5.92 Å². The third-order valence-electron chi connectivity index (χ3n) is 5.40. The lowest BCUT2D eigenvalue weighted by Crippen LogP contribution is -2.32. The van der Waals surface area contributed by atoms with Crippen molar-refractivity contribution in [3.05, 3.63) is 59.0 Å². The van der Waals surface area contributed by atoms with E-state index in [4.69, 9.17) is 10.2 Å². The van der Waals surface area contributed by atoms with E-state index >= 15 is 0 Å².